The molecule has 0 amide bonds. The smallest absolute Gasteiger partial charge is 0.157 e. The number of methoxy groups -OCH3 is 1. The third-order valence-electron chi connectivity index (χ3n) is 3.03. The predicted octanol–water partition coefficient (Wildman–Crippen LogP) is 1.57. The average molecular weight is 218 g/mol. The second-order valence-electron chi connectivity index (χ2n) is 3.99. The van der Waals surface area contributed by atoms with Crippen molar-refractivity contribution in [2.75, 3.05) is 20.2 Å². The van der Waals surface area contributed by atoms with Crippen LogP contribution < -0.4 is 4.74 Å². The fourth-order valence-corrected chi connectivity index (χ4v) is 2.18. The highest BCUT2D eigenvalue weighted by Gasteiger charge is 2.28. The lowest BCUT2D eigenvalue weighted by Gasteiger charge is -2.22. The number of ether oxygens (including phenoxy) is 2. The first-order valence-corrected chi connectivity index (χ1v) is 5.42. The molecule has 2 aliphatic rings. The minimum absolute atomic E-state index is 0.0344. The highest BCUT2D eigenvalue weighted by atomic mass is 16.5. The zero-order chi connectivity index (χ0) is 11.0. The van der Waals surface area contributed by atoms with Gasteiger partial charge in [0.05, 0.1) is 26.6 Å². The van der Waals surface area contributed by atoms with E-state index in [0.717, 1.165) is 18.8 Å². The van der Waals surface area contributed by atoms with Gasteiger partial charge in [-0.3, -0.25) is 4.99 Å². The van der Waals surface area contributed by atoms with E-state index in [1.807, 2.05) is 18.5 Å². The molecule has 1 atom stereocenters. The van der Waals surface area contributed by atoms with Crippen molar-refractivity contribution in [3.63, 3.8) is 0 Å². The molecule has 0 spiro atoms. The quantitative estimate of drug-likeness (QED) is 0.755. The second-order valence-corrected chi connectivity index (χ2v) is 3.99. The van der Waals surface area contributed by atoms with Crippen LogP contribution in [0.3, 0.4) is 0 Å². The number of nitrogens with zero attached hydrogens (tertiary/aromatic N) is 2. The largest absolute Gasteiger partial charge is 0.497 e. The van der Waals surface area contributed by atoms with Gasteiger partial charge in [-0.15, -0.1) is 0 Å². The maximum absolute atomic E-state index is 5.79. The van der Waals surface area contributed by atoms with Gasteiger partial charge in [0.15, 0.2) is 6.23 Å². The van der Waals surface area contributed by atoms with Crippen molar-refractivity contribution in [2.24, 2.45) is 4.99 Å². The Morgan fingerprint density at radius 1 is 1.50 bits per heavy atom. The molecule has 4 heteroatoms. The molecule has 0 fully saturated rings. The Kier molecular flexibility index (Phi) is 2.29. The molecule has 4 nitrogen and oxygen atoms in total. The third kappa shape index (κ3) is 1.46. The minimum Gasteiger partial charge on any atom is -0.497 e. The lowest BCUT2D eigenvalue weighted by atomic mass is 10.1. The first-order valence-electron chi connectivity index (χ1n) is 5.42. The van der Waals surface area contributed by atoms with Crippen LogP contribution in [0.25, 0.3) is 0 Å². The normalized spacial score (nSPS) is 22.6. The first kappa shape index (κ1) is 9.66. The van der Waals surface area contributed by atoms with E-state index >= 15 is 0 Å². The molecule has 1 aromatic rings. The Bertz CT molecular complexity index is 431. The molecule has 0 saturated heterocycles. The fourth-order valence-electron chi connectivity index (χ4n) is 2.18. The van der Waals surface area contributed by atoms with Gasteiger partial charge in [0.25, 0.3) is 0 Å². The molecule has 0 aliphatic carbocycles. The summed E-state index contributed by atoms with van der Waals surface area (Å²) in [5, 5.41) is 0. The molecule has 0 saturated carbocycles. The molecular formula is C12H14N2O2. The molecule has 3 rings (SSSR count). The summed E-state index contributed by atoms with van der Waals surface area (Å²) in [5.74, 6) is 0.887. The van der Waals surface area contributed by atoms with Crippen LogP contribution in [-0.4, -0.2) is 31.4 Å². The van der Waals surface area contributed by atoms with Crippen LogP contribution in [0.5, 0.6) is 5.75 Å². The number of hydrogen-bond donors (Lipinski definition) is 0. The summed E-state index contributed by atoms with van der Waals surface area (Å²) in [7, 11) is 1.68. The highest BCUT2D eigenvalue weighted by molar-refractivity contribution is 5.58. The maximum atomic E-state index is 5.79. The zero-order valence-electron chi connectivity index (χ0n) is 9.22. The van der Waals surface area contributed by atoms with Gasteiger partial charge in [0, 0.05) is 12.1 Å². The van der Waals surface area contributed by atoms with Crippen LogP contribution in [0.1, 0.15) is 17.4 Å². The van der Waals surface area contributed by atoms with Crippen molar-refractivity contribution < 1.29 is 9.47 Å². The van der Waals surface area contributed by atoms with Crippen LogP contribution in [0.2, 0.25) is 0 Å². The van der Waals surface area contributed by atoms with E-state index in [2.05, 4.69) is 16.0 Å². The van der Waals surface area contributed by atoms with Gasteiger partial charge in [0.1, 0.15) is 5.75 Å². The Hall–Kier alpha value is -1.55. The lowest BCUT2D eigenvalue weighted by molar-refractivity contribution is -0.0101. The summed E-state index contributed by atoms with van der Waals surface area (Å²) < 4.78 is 11.0. The second kappa shape index (κ2) is 3.79. The predicted molar refractivity (Wildman–Crippen MR) is 60.6 cm³/mol. The molecule has 2 heterocycles. The topological polar surface area (TPSA) is 34.1 Å². The molecule has 0 radical (unpaired) electrons. The Labute approximate surface area is 94.5 Å². The standard InChI is InChI=1S/C12H14N2O2/c1-15-10-2-3-11-9(6-10)7-16-12(11)14-5-4-13-8-14/h2-3,6,8,12H,4-5,7H2,1H3. The lowest BCUT2D eigenvalue weighted by Crippen LogP contribution is -2.25. The SMILES string of the molecule is COc1ccc2c(c1)COC2N1C=NCC1. The van der Waals surface area contributed by atoms with Gasteiger partial charge in [-0.05, 0) is 17.7 Å². The molecule has 1 unspecified atom stereocenters. The van der Waals surface area contributed by atoms with E-state index in [-0.39, 0.29) is 6.23 Å². The van der Waals surface area contributed by atoms with Crippen LogP contribution in [0.4, 0.5) is 0 Å². The maximum Gasteiger partial charge on any atom is 0.157 e. The fraction of sp³-hybridized carbons (Fsp3) is 0.417. The summed E-state index contributed by atoms with van der Waals surface area (Å²) in [4.78, 5) is 6.35. The van der Waals surface area contributed by atoms with Gasteiger partial charge < -0.3 is 14.4 Å². The van der Waals surface area contributed by atoms with Gasteiger partial charge in [0.2, 0.25) is 0 Å². The third-order valence-corrected chi connectivity index (χ3v) is 3.03. The average Bonchev–Trinajstić information content (AvgIpc) is 2.96. The number of aliphatic imine (C=N–C) groups is 1. The first-order chi connectivity index (χ1) is 7.88. The van der Waals surface area contributed by atoms with Gasteiger partial charge >= 0.3 is 0 Å². The van der Waals surface area contributed by atoms with Crippen LogP contribution in [0.15, 0.2) is 23.2 Å². The Morgan fingerprint density at radius 3 is 3.19 bits per heavy atom. The summed E-state index contributed by atoms with van der Waals surface area (Å²) >= 11 is 0. The molecule has 0 bridgehead atoms. The van der Waals surface area contributed by atoms with E-state index < -0.39 is 0 Å². The van der Waals surface area contributed by atoms with Crippen molar-refractivity contribution in [2.45, 2.75) is 12.8 Å². The van der Waals surface area contributed by atoms with Gasteiger partial charge in [-0.2, -0.15) is 0 Å². The van der Waals surface area contributed by atoms with E-state index in [1.165, 1.54) is 11.1 Å². The number of benzene rings is 1. The molecule has 0 aromatic heterocycles. The van der Waals surface area contributed by atoms with Crippen molar-refractivity contribution in [1.82, 2.24) is 4.90 Å². The van der Waals surface area contributed by atoms with Gasteiger partial charge in [-0.25, -0.2) is 0 Å². The number of rotatable bonds is 2. The molecule has 0 N–H and O–H groups in total. The van der Waals surface area contributed by atoms with Crippen molar-refractivity contribution in [3.8, 4) is 5.75 Å². The van der Waals surface area contributed by atoms with Gasteiger partial charge in [-0.1, -0.05) is 6.07 Å². The number of fused-ring (bicyclic) bond motifs is 1. The van der Waals surface area contributed by atoms with E-state index in [9.17, 15) is 0 Å². The van der Waals surface area contributed by atoms with E-state index in [4.69, 9.17) is 9.47 Å². The summed E-state index contributed by atoms with van der Waals surface area (Å²) in [5.41, 5.74) is 2.44. The number of hydrogen-bond acceptors (Lipinski definition) is 4. The Balaban J connectivity index is 1.90. The summed E-state index contributed by atoms with van der Waals surface area (Å²) in [6.07, 6.45) is 1.91. The molecular weight excluding hydrogens is 204 g/mol. The molecule has 1 aromatic carbocycles. The van der Waals surface area contributed by atoms with Crippen LogP contribution in [0, 0.1) is 0 Å². The Morgan fingerprint density at radius 2 is 2.44 bits per heavy atom. The van der Waals surface area contributed by atoms with Crippen molar-refractivity contribution in [1.29, 1.82) is 0 Å². The summed E-state index contributed by atoms with van der Waals surface area (Å²) in [6.45, 7) is 2.46. The zero-order valence-corrected chi connectivity index (χ0v) is 9.22. The van der Waals surface area contributed by atoms with E-state index in [1.54, 1.807) is 7.11 Å². The monoisotopic (exact) mass is 218 g/mol. The van der Waals surface area contributed by atoms with Crippen molar-refractivity contribution in [3.05, 3.63) is 29.3 Å². The van der Waals surface area contributed by atoms with Crippen molar-refractivity contribution >= 4 is 6.34 Å². The molecule has 84 valence electrons. The highest BCUT2D eigenvalue weighted by Crippen LogP contribution is 2.35. The van der Waals surface area contributed by atoms with Crippen LogP contribution >= 0.6 is 0 Å². The minimum atomic E-state index is 0.0344. The molecule has 2 aliphatic heterocycles. The summed E-state index contributed by atoms with van der Waals surface area (Å²) in [6, 6.07) is 6.11. The van der Waals surface area contributed by atoms with Crippen LogP contribution in [-0.2, 0) is 11.3 Å². The molecule has 16 heavy (non-hydrogen) atoms. The van der Waals surface area contributed by atoms with E-state index in [0.29, 0.717) is 6.61 Å².